The predicted octanol–water partition coefficient (Wildman–Crippen LogP) is 1.46. The molecule has 0 fully saturated rings. The molecule has 0 bridgehead atoms. The summed E-state index contributed by atoms with van der Waals surface area (Å²) < 4.78 is 13.1. The summed E-state index contributed by atoms with van der Waals surface area (Å²) in [6.45, 7) is 0.0311. The van der Waals surface area contributed by atoms with Crippen molar-refractivity contribution in [3.8, 4) is 6.07 Å². The van der Waals surface area contributed by atoms with Crippen molar-refractivity contribution in [3.63, 3.8) is 0 Å². The summed E-state index contributed by atoms with van der Waals surface area (Å²) in [4.78, 5) is 0. The standard InChI is InChI=1S/C22H28N3O4/c1-24-11-14-6-15(12-26)21(16(7-14)13-27)18(10-23)22-19(28-4)8-17(25(2)3)9-20(22)29-5/h6-9,24,26-27H,11-13H2,1-5H3/q+1. The van der Waals surface area contributed by atoms with Crippen molar-refractivity contribution in [1.82, 2.24) is 5.32 Å². The molecule has 2 rings (SSSR count). The van der Waals surface area contributed by atoms with E-state index in [1.807, 2.05) is 50.0 Å². The van der Waals surface area contributed by atoms with Crippen molar-refractivity contribution in [1.29, 1.82) is 5.26 Å². The molecular formula is C22H28N3O4+. The van der Waals surface area contributed by atoms with Crippen LogP contribution in [0, 0.1) is 11.3 Å². The number of benzene rings is 1. The number of hydrogen-bond acceptors (Lipinski definition) is 6. The summed E-state index contributed by atoms with van der Waals surface area (Å²) in [6.07, 6.45) is 3.64. The van der Waals surface area contributed by atoms with E-state index in [1.165, 1.54) is 14.2 Å². The summed E-state index contributed by atoms with van der Waals surface area (Å²) in [6, 6.07) is 5.90. The molecule has 1 aliphatic carbocycles. The van der Waals surface area contributed by atoms with E-state index in [0.717, 1.165) is 11.3 Å². The highest BCUT2D eigenvalue weighted by atomic mass is 16.5. The van der Waals surface area contributed by atoms with Crippen molar-refractivity contribution in [2.45, 2.75) is 19.8 Å². The molecule has 7 heteroatoms. The second kappa shape index (κ2) is 10.0. The zero-order valence-corrected chi connectivity index (χ0v) is 17.5. The van der Waals surface area contributed by atoms with Gasteiger partial charge in [0.05, 0.1) is 50.7 Å². The number of aliphatic hydroxyl groups excluding tert-OH is 2. The van der Waals surface area contributed by atoms with Gasteiger partial charge in [-0.3, -0.25) is 0 Å². The number of ether oxygens (including phenoxy) is 2. The van der Waals surface area contributed by atoms with Crippen LogP contribution in [0.3, 0.4) is 0 Å². The fraction of sp³-hybridized carbons (Fsp3) is 0.364. The zero-order chi connectivity index (χ0) is 21.6. The molecule has 0 amide bonds. The van der Waals surface area contributed by atoms with Crippen LogP contribution >= 0.6 is 0 Å². The average molecular weight is 398 g/mol. The lowest BCUT2D eigenvalue weighted by atomic mass is 9.87. The number of nitrogens with one attached hydrogen (secondary N) is 1. The average Bonchev–Trinajstić information content (AvgIpc) is 2.74. The minimum absolute atomic E-state index is 0.271. The number of aliphatic hydroxyl groups is 2. The van der Waals surface area contributed by atoms with Gasteiger partial charge in [-0.2, -0.15) is 5.26 Å². The van der Waals surface area contributed by atoms with Crippen molar-refractivity contribution in [3.05, 3.63) is 63.6 Å². The second-order valence-corrected chi connectivity index (χ2v) is 6.74. The molecule has 3 N–H and O–H groups in total. The molecule has 7 nitrogen and oxygen atoms in total. The number of nitriles is 1. The van der Waals surface area contributed by atoms with Crippen LogP contribution in [0.15, 0.2) is 41.4 Å². The van der Waals surface area contributed by atoms with E-state index < -0.39 is 0 Å². The first-order valence-electron chi connectivity index (χ1n) is 9.17. The Labute approximate surface area is 171 Å². The van der Waals surface area contributed by atoms with Crippen LogP contribution in [-0.2, 0) is 29.2 Å². The molecule has 0 atom stereocenters. The third-order valence-corrected chi connectivity index (χ3v) is 4.70. The van der Waals surface area contributed by atoms with Gasteiger partial charge in [-0.05, 0) is 23.7 Å². The smallest absolute Gasteiger partial charge is 0.206 e. The Balaban J connectivity index is 2.89. The summed E-state index contributed by atoms with van der Waals surface area (Å²) >= 11 is 0. The maximum absolute atomic E-state index is 10.1. The van der Waals surface area contributed by atoms with Gasteiger partial charge in [0.15, 0.2) is 0 Å². The summed E-state index contributed by atoms with van der Waals surface area (Å²) in [5.74, 6) is 0.938. The van der Waals surface area contributed by atoms with E-state index in [0.29, 0.717) is 40.3 Å². The van der Waals surface area contributed by atoms with Gasteiger partial charge >= 0.3 is 0 Å². The third-order valence-electron chi connectivity index (χ3n) is 4.70. The second-order valence-electron chi connectivity index (χ2n) is 6.74. The summed E-state index contributed by atoms with van der Waals surface area (Å²) in [5, 5.41) is 33.1. The largest absolute Gasteiger partial charge is 0.496 e. The maximum atomic E-state index is 10.1. The first-order valence-corrected chi connectivity index (χ1v) is 9.17. The van der Waals surface area contributed by atoms with E-state index in [-0.39, 0.29) is 18.8 Å². The molecule has 1 aromatic carbocycles. The van der Waals surface area contributed by atoms with Crippen LogP contribution in [0.1, 0.15) is 22.3 Å². The van der Waals surface area contributed by atoms with E-state index in [2.05, 4.69) is 11.4 Å². The molecule has 0 unspecified atom stereocenters. The van der Waals surface area contributed by atoms with Gasteiger partial charge in [-0.25, -0.2) is 4.58 Å². The quantitative estimate of drug-likeness (QED) is 0.475. The Bertz CT molecular complexity index is 894. The summed E-state index contributed by atoms with van der Waals surface area (Å²) in [5.41, 5.74) is 4.12. The van der Waals surface area contributed by atoms with Crippen LogP contribution in [0.5, 0.6) is 0 Å². The number of rotatable bonds is 7. The molecule has 0 aliphatic heterocycles. The first kappa shape index (κ1) is 22.4. The Morgan fingerprint density at radius 1 is 1.07 bits per heavy atom. The van der Waals surface area contributed by atoms with E-state index in [4.69, 9.17) is 9.47 Å². The molecule has 0 radical (unpaired) electrons. The van der Waals surface area contributed by atoms with Gasteiger partial charge in [-0.1, -0.05) is 12.1 Å². The highest BCUT2D eigenvalue weighted by Gasteiger charge is 2.28. The van der Waals surface area contributed by atoms with Crippen molar-refractivity contribution in [2.75, 3.05) is 35.4 Å². The van der Waals surface area contributed by atoms with Gasteiger partial charge in [0.1, 0.15) is 31.7 Å². The van der Waals surface area contributed by atoms with Gasteiger partial charge in [-0.15, -0.1) is 0 Å². The van der Waals surface area contributed by atoms with Crippen LogP contribution in [0.2, 0.25) is 0 Å². The number of nitrogens with zero attached hydrogens (tertiary/aromatic N) is 2. The lowest BCUT2D eigenvalue weighted by molar-refractivity contribution is -0.462. The third kappa shape index (κ3) is 4.57. The number of hydrogen-bond donors (Lipinski definition) is 3. The minimum Gasteiger partial charge on any atom is -0.496 e. The Morgan fingerprint density at radius 3 is 1.93 bits per heavy atom. The molecule has 0 spiro atoms. The molecule has 0 heterocycles. The van der Waals surface area contributed by atoms with Crippen molar-refractivity contribution in [2.24, 2.45) is 0 Å². The molecule has 0 saturated heterocycles. The van der Waals surface area contributed by atoms with Gasteiger partial charge in [0.2, 0.25) is 5.71 Å². The molecule has 154 valence electrons. The lowest BCUT2D eigenvalue weighted by Gasteiger charge is -2.21. The van der Waals surface area contributed by atoms with Crippen LogP contribution in [0.25, 0.3) is 5.57 Å². The number of allylic oxidation sites excluding steroid dienone is 3. The molecule has 0 saturated carbocycles. The highest BCUT2D eigenvalue weighted by Crippen LogP contribution is 2.36. The summed E-state index contributed by atoms with van der Waals surface area (Å²) in [7, 11) is 8.68. The Morgan fingerprint density at radius 2 is 1.59 bits per heavy atom. The van der Waals surface area contributed by atoms with Crippen molar-refractivity contribution >= 4 is 11.3 Å². The maximum Gasteiger partial charge on any atom is 0.206 e. The predicted molar refractivity (Wildman–Crippen MR) is 111 cm³/mol. The van der Waals surface area contributed by atoms with E-state index in [9.17, 15) is 15.5 Å². The molecular weight excluding hydrogens is 370 g/mol. The minimum atomic E-state index is -0.272. The highest BCUT2D eigenvalue weighted by molar-refractivity contribution is 6.05. The Hall–Kier alpha value is -2.92. The Kier molecular flexibility index (Phi) is 7.74. The zero-order valence-electron chi connectivity index (χ0n) is 17.5. The first-order chi connectivity index (χ1) is 13.9. The van der Waals surface area contributed by atoms with Crippen LogP contribution in [0.4, 0.5) is 0 Å². The van der Waals surface area contributed by atoms with Gasteiger partial charge in [0.25, 0.3) is 0 Å². The molecule has 1 aliphatic rings. The SMILES string of the molecule is CNCc1cc(CO)c(C(C#N)=C2C(OC)=CC(=[N+](C)C)C=C2OC)c(CO)c1. The van der Waals surface area contributed by atoms with Gasteiger partial charge in [0, 0.05) is 12.1 Å². The number of methoxy groups -OCH3 is 2. The molecule has 29 heavy (non-hydrogen) atoms. The normalized spacial score (nSPS) is 13.4. The van der Waals surface area contributed by atoms with E-state index >= 15 is 0 Å². The molecule has 0 aromatic heterocycles. The topological polar surface area (TPSA) is 97.8 Å². The van der Waals surface area contributed by atoms with Crippen molar-refractivity contribution < 1.29 is 24.3 Å². The van der Waals surface area contributed by atoms with Gasteiger partial charge < -0.3 is 25.0 Å². The van der Waals surface area contributed by atoms with Crippen LogP contribution in [-0.4, -0.2) is 55.9 Å². The fourth-order valence-electron chi connectivity index (χ4n) is 3.36. The van der Waals surface area contributed by atoms with E-state index in [1.54, 1.807) is 0 Å². The monoisotopic (exact) mass is 398 g/mol. The van der Waals surface area contributed by atoms with Crippen LogP contribution < -0.4 is 5.32 Å². The lowest BCUT2D eigenvalue weighted by Crippen LogP contribution is -2.17. The fourth-order valence-corrected chi connectivity index (χ4v) is 3.36. The molecule has 1 aromatic rings.